The minimum Gasteiger partial charge on any atom is -0.352 e. The maximum atomic E-state index is 11.8. The zero-order chi connectivity index (χ0) is 13.9. The molecule has 1 atom stereocenters. The van der Waals surface area contributed by atoms with Crippen molar-refractivity contribution in [2.45, 2.75) is 12.8 Å². The molecule has 0 spiro atoms. The quantitative estimate of drug-likeness (QED) is 0.547. The summed E-state index contributed by atoms with van der Waals surface area (Å²) in [4.78, 5) is 13.3. The summed E-state index contributed by atoms with van der Waals surface area (Å²) < 4.78 is 0. The molecule has 1 unspecified atom stereocenters. The van der Waals surface area contributed by atoms with Gasteiger partial charge in [-0.15, -0.1) is 0 Å². The van der Waals surface area contributed by atoms with E-state index in [-0.39, 0.29) is 5.91 Å². The highest BCUT2D eigenvalue weighted by Gasteiger charge is 2.04. The minimum absolute atomic E-state index is 0.0217. The summed E-state index contributed by atoms with van der Waals surface area (Å²) in [5.41, 5.74) is 0.734. The van der Waals surface area contributed by atoms with Crippen molar-refractivity contribution in [3.05, 3.63) is 35.9 Å². The molecule has 0 radical (unpaired) electrons. The molecular weight excluding hydrogens is 238 g/mol. The lowest BCUT2D eigenvalue weighted by Gasteiger charge is -2.14. The summed E-state index contributed by atoms with van der Waals surface area (Å²) in [7, 11) is 4.18. The fourth-order valence-corrected chi connectivity index (χ4v) is 1.98. The largest absolute Gasteiger partial charge is 0.352 e. The molecule has 4 heteroatoms. The minimum atomic E-state index is 0.0217. The average molecular weight is 264 g/mol. The monoisotopic (exact) mass is 264 g/mol. The Morgan fingerprint density at radius 3 is 2.37 bits per heavy atom. The van der Waals surface area contributed by atoms with Crippen molar-refractivity contribution in [2.75, 3.05) is 40.3 Å². The summed E-state index contributed by atoms with van der Waals surface area (Å²) in [6, 6.07) is 9.36. The second-order valence-corrected chi connectivity index (χ2v) is 4.89. The Balaban J connectivity index is 2.09. The molecule has 1 aromatic carbocycles. The molecule has 1 aromatic rings. The molecule has 1 rings (SSSR count). The van der Waals surface area contributed by atoms with Gasteiger partial charge in [-0.2, -0.15) is 0 Å². The van der Waals surface area contributed by atoms with E-state index in [4.69, 9.17) is 0 Å². The van der Waals surface area contributed by atoms with E-state index in [9.17, 15) is 4.79 Å². The fourth-order valence-electron chi connectivity index (χ4n) is 1.98. The average Bonchev–Trinajstić information content (AvgIpc) is 2.44. The first-order valence-electron chi connectivity index (χ1n) is 7.03. The van der Waals surface area contributed by atoms with Gasteiger partial charge in [0, 0.05) is 31.5 Å². The van der Waals surface area contributed by atoms with Gasteiger partial charge in [0.25, 0.3) is 5.91 Å². The van der Waals surface area contributed by atoms with Crippen LogP contribution in [-0.2, 0) is 0 Å². The van der Waals surface area contributed by atoms with E-state index >= 15 is 0 Å². The zero-order valence-electron chi connectivity index (χ0n) is 12.0. The Morgan fingerprint density at radius 1 is 1.11 bits per heavy atom. The van der Waals surface area contributed by atoms with Crippen molar-refractivity contribution in [1.29, 1.82) is 0 Å². The molecule has 0 heterocycles. The maximum Gasteiger partial charge on any atom is 0.251 e. The van der Waals surface area contributed by atoms with Gasteiger partial charge in [-0.05, 0) is 19.2 Å². The van der Waals surface area contributed by atoms with Gasteiger partial charge >= 0.3 is 0 Å². The Kier molecular flexibility index (Phi) is 7.86. The predicted molar refractivity (Wildman–Crippen MR) is 78.6 cm³/mol. The second kappa shape index (κ2) is 9.53. The van der Waals surface area contributed by atoms with Gasteiger partial charge < -0.3 is 15.5 Å². The van der Waals surface area contributed by atoms with E-state index in [2.05, 4.69) is 17.7 Å². The number of nitrogens with one attached hydrogen (secondary N) is 3. The number of carbonyl (C=O) groups is 1. The van der Waals surface area contributed by atoms with Crippen molar-refractivity contribution < 1.29 is 9.69 Å². The number of rotatable bonds is 9. The lowest BCUT2D eigenvalue weighted by atomic mass is 10.2. The number of quaternary nitrogens is 1. The van der Waals surface area contributed by atoms with Crippen LogP contribution in [0.1, 0.15) is 23.2 Å². The molecule has 1 amide bonds. The molecule has 0 aliphatic heterocycles. The van der Waals surface area contributed by atoms with E-state index in [0.717, 1.165) is 31.6 Å². The molecule has 3 N–H and O–H groups in total. The number of hydrogen-bond acceptors (Lipinski definition) is 2. The zero-order valence-corrected chi connectivity index (χ0v) is 12.0. The molecule has 106 valence electrons. The molecule has 19 heavy (non-hydrogen) atoms. The number of carbonyl (C=O) groups excluding carboxylic acids is 1. The van der Waals surface area contributed by atoms with Crippen LogP contribution in [-0.4, -0.2) is 46.2 Å². The molecule has 4 nitrogen and oxygen atoms in total. The molecule has 0 aliphatic rings. The first-order valence-corrected chi connectivity index (χ1v) is 7.03. The first-order chi connectivity index (χ1) is 9.24. The van der Waals surface area contributed by atoms with E-state index < -0.39 is 0 Å². The van der Waals surface area contributed by atoms with Gasteiger partial charge in [-0.1, -0.05) is 18.2 Å². The fraction of sp³-hybridized carbons (Fsp3) is 0.533. The number of amides is 1. The SMILES string of the molecule is CNCCC[NH+](C)CCCNC(=O)c1ccccc1. The molecule has 0 bridgehead atoms. The van der Waals surface area contributed by atoms with Gasteiger partial charge in [0.05, 0.1) is 20.1 Å². The highest BCUT2D eigenvalue weighted by atomic mass is 16.1. The topological polar surface area (TPSA) is 45.6 Å². The van der Waals surface area contributed by atoms with Crippen LogP contribution in [0.25, 0.3) is 0 Å². The van der Waals surface area contributed by atoms with Crippen molar-refractivity contribution in [2.24, 2.45) is 0 Å². The van der Waals surface area contributed by atoms with Crippen LogP contribution >= 0.6 is 0 Å². The van der Waals surface area contributed by atoms with Crippen LogP contribution in [0.15, 0.2) is 30.3 Å². The summed E-state index contributed by atoms with van der Waals surface area (Å²) in [6.45, 7) is 4.09. The normalized spacial score (nSPS) is 12.1. The summed E-state index contributed by atoms with van der Waals surface area (Å²) in [5.74, 6) is 0.0217. The van der Waals surface area contributed by atoms with Gasteiger partial charge in [0.1, 0.15) is 0 Å². The summed E-state index contributed by atoms with van der Waals surface area (Å²) in [6.07, 6.45) is 2.21. The molecule has 0 aromatic heterocycles. The van der Waals surface area contributed by atoms with E-state index in [1.165, 1.54) is 17.9 Å². The Bertz CT molecular complexity index is 354. The van der Waals surface area contributed by atoms with Crippen LogP contribution in [0.2, 0.25) is 0 Å². The van der Waals surface area contributed by atoms with Gasteiger partial charge in [-0.25, -0.2) is 0 Å². The summed E-state index contributed by atoms with van der Waals surface area (Å²) in [5, 5.41) is 6.11. The molecule has 0 saturated carbocycles. The van der Waals surface area contributed by atoms with Crippen LogP contribution in [0, 0.1) is 0 Å². The predicted octanol–water partition coefficient (Wildman–Crippen LogP) is -0.0693. The lowest BCUT2D eigenvalue weighted by molar-refractivity contribution is -0.879. The van der Waals surface area contributed by atoms with Gasteiger partial charge in [-0.3, -0.25) is 4.79 Å². The van der Waals surface area contributed by atoms with E-state index in [0.29, 0.717) is 0 Å². The Labute approximate surface area is 116 Å². The third kappa shape index (κ3) is 6.94. The smallest absolute Gasteiger partial charge is 0.251 e. The van der Waals surface area contributed by atoms with Crippen LogP contribution in [0.3, 0.4) is 0 Å². The highest BCUT2D eigenvalue weighted by Crippen LogP contribution is 1.97. The number of benzene rings is 1. The third-order valence-electron chi connectivity index (χ3n) is 3.13. The van der Waals surface area contributed by atoms with E-state index in [1.54, 1.807) is 0 Å². The van der Waals surface area contributed by atoms with Gasteiger partial charge in [0.2, 0.25) is 0 Å². The maximum absolute atomic E-state index is 11.8. The molecule has 0 fully saturated rings. The van der Waals surface area contributed by atoms with Crippen LogP contribution in [0.4, 0.5) is 0 Å². The highest BCUT2D eigenvalue weighted by molar-refractivity contribution is 5.94. The third-order valence-corrected chi connectivity index (χ3v) is 3.13. The Hall–Kier alpha value is -1.39. The molecule has 0 saturated heterocycles. The number of hydrogen-bond donors (Lipinski definition) is 3. The summed E-state index contributed by atoms with van der Waals surface area (Å²) >= 11 is 0. The van der Waals surface area contributed by atoms with Crippen molar-refractivity contribution in [3.8, 4) is 0 Å². The second-order valence-electron chi connectivity index (χ2n) is 4.89. The molecule has 0 aliphatic carbocycles. The first kappa shape index (κ1) is 15.7. The molecular formula is C15H26N3O+. The van der Waals surface area contributed by atoms with Gasteiger partial charge in [0.15, 0.2) is 0 Å². The Morgan fingerprint density at radius 2 is 1.74 bits per heavy atom. The van der Waals surface area contributed by atoms with E-state index in [1.807, 2.05) is 37.4 Å². The van der Waals surface area contributed by atoms with Crippen molar-refractivity contribution >= 4 is 5.91 Å². The van der Waals surface area contributed by atoms with Crippen LogP contribution in [0.5, 0.6) is 0 Å². The standard InChI is InChI=1S/C15H25N3O/c1-16-10-6-12-18(2)13-7-11-17-15(19)14-8-4-3-5-9-14/h3-5,8-9,16H,6-7,10-13H2,1-2H3,(H,17,19)/p+1. The van der Waals surface area contributed by atoms with Crippen molar-refractivity contribution in [3.63, 3.8) is 0 Å². The van der Waals surface area contributed by atoms with Crippen LogP contribution < -0.4 is 15.5 Å². The van der Waals surface area contributed by atoms with Crippen molar-refractivity contribution in [1.82, 2.24) is 10.6 Å². The lowest BCUT2D eigenvalue weighted by Crippen LogP contribution is -3.09.